The number of hydrogen-bond acceptors (Lipinski definition) is 4. The Hall–Kier alpha value is -3.13. The van der Waals surface area contributed by atoms with Gasteiger partial charge >= 0.3 is 0 Å². The molecule has 1 aromatic carbocycles. The number of likely N-dealkylation sites (N-methyl/N-ethyl adjacent to an activating group) is 1. The lowest BCUT2D eigenvalue weighted by Gasteiger charge is -2.30. The van der Waals surface area contributed by atoms with Crippen LogP contribution in [-0.2, 0) is 40.9 Å². The van der Waals surface area contributed by atoms with Crippen LogP contribution in [-0.4, -0.2) is 52.4 Å². The van der Waals surface area contributed by atoms with Crippen molar-refractivity contribution >= 4 is 17.7 Å². The van der Waals surface area contributed by atoms with Crippen molar-refractivity contribution in [1.29, 1.82) is 0 Å². The minimum atomic E-state index is -0.721. The Balaban J connectivity index is 1.92. The molecule has 0 unspecified atom stereocenters. The van der Waals surface area contributed by atoms with Crippen LogP contribution < -0.4 is 16.0 Å². The van der Waals surface area contributed by atoms with Gasteiger partial charge in [0, 0.05) is 32.0 Å². The summed E-state index contributed by atoms with van der Waals surface area (Å²) in [5, 5.41) is 9.24. The topological polar surface area (TPSA) is 95.5 Å². The highest BCUT2D eigenvalue weighted by molar-refractivity contribution is 5.92. The Labute approximate surface area is 202 Å². The minimum Gasteiger partial charge on any atom is -0.349 e. The van der Waals surface area contributed by atoms with E-state index in [4.69, 9.17) is 0 Å². The van der Waals surface area contributed by atoms with Gasteiger partial charge in [-0.2, -0.15) is 0 Å². The quantitative estimate of drug-likeness (QED) is 0.638. The first-order valence-electron chi connectivity index (χ1n) is 11.9. The lowest BCUT2D eigenvalue weighted by atomic mass is 10.0. The molecule has 0 aliphatic carbocycles. The van der Waals surface area contributed by atoms with Crippen LogP contribution in [0.5, 0.6) is 0 Å². The molecule has 2 heterocycles. The SMILES string of the molecule is CC(C)C[C@@H]1NC(=O)[C@H](C)N(C)C(=O)[C@H](Cc2ccccc2)NCc2ccc(n2C)CNC1=O. The molecule has 3 rings (SSSR count). The van der Waals surface area contributed by atoms with Crippen LogP contribution in [0.4, 0.5) is 0 Å². The maximum Gasteiger partial charge on any atom is 0.243 e. The van der Waals surface area contributed by atoms with E-state index in [1.54, 1.807) is 14.0 Å². The fraction of sp³-hybridized carbons (Fsp3) is 0.500. The Bertz CT molecular complexity index is 1000. The molecule has 184 valence electrons. The second-order valence-electron chi connectivity index (χ2n) is 9.53. The number of fused-ring (bicyclic) bond motifs is 2. The Morgan fingerprint density at radius 2 is 1.56 bits per heavy atom. The largest absolute Gasteiger partial charge is 0.349 e. The van der Waals surface area contributed by atoms with Gasteiger partial charge in [-0.3, -0.25) is 19.7 Å². The maximum absolute atomic E-state index is 13.5. The van der Waals surface area contributed by atoms with E-state index in [9.17, 15) is 14.4 Å². The molecule has 3 amide bonds. The standard InChI is InChI=1S/C26H37N5O3/c1-17(2)13-22-25(33)28-16-21-12-11-20(31(21)5)15-27-23(14-19-9-7-6-8-10-19)26(34)30(4)18(3)24(32)29-22/h6-12,17-18,22-23,27H,13-16H2,1-5H3,(H,28,33)(H,29,32)/t18-,22-,23-/m0/s1. The molecule has 2 bridgehead atoms. The van der Waals surface area contributed by atoms with Gasteiger partial charge in [0.15, 0.2) is 0 Å². The fourth-order valence-electron chi connectivity index (χ4n) is 4.19. The summed E-state index contributed by atoms with van der Waals surface area (Å²) in [6, 6.07) is 11.9. The molecule has 1 aliphatic heterocycles. The van der Waals surface area contributed by atoms with Crippen LogP contribution in [0.1, 0.15) is 44.1 Å². The third-order valence-electron chi connectivity index (χ3n) is 6.53. The van der Waals surface area contributed by atoms with Crippen molar-refractivity contribution in [2.24, 2.45) is 13.0 Å². The van der Waals surface area contributed by atoms with Crippen LogP contribution in [0.15, 0.2) is 42.5 Å². The maximum atomic E-state index is 13.5. The summed E-state index contributed by atoms with van der Waals surface area (Å²) in [6.45, 7) is 6.56. The normalized spacial score (nSPS) is 22.7. The second kappa shape index (κ2) is 11.3. The van der Waals surface area contributed by atoms with Gasteiger partial charge in [-0.05, 0) is 43.4 Å². The van der Waals surface area contributed by atoms with Gasteiger partial charge < -0.3 is 20.1 Å². The number of hydrogen-bond donors (Lipinski definition) is 3. The molecule has 3 atom stereocenters. The van der Waals surface area contributed by atoms with Crippen molar-refractivity contribution in [3.8, 4) is 0 Å². The first-order chi connectivity index (χ1) is 16.2. The fourth-order valence-corrected chi connectivity index (χ4v) is 4.19. The van der Waals surface area contributed by atoms with Crippen LogP contribution in [0.2, 0.25) is 0 Å². The summed E-state index contributed by atoms with van der Waals surface area (Å²) in [4.78, 5) is 41.0. The average Bonchev–Trinajstić information content (AvgIpc) is 3.17. The predicted molar refractivity (Wildman–Crippen MR) is 132 cm³/mol. The molecule has 8 nitrogen and oxygen atoms in total. The molecular weight excluding hydrogens is 430 g/mol. The van der Waals surface area contributed by atoms with Gasteiger partial charge in [0.25, 0.3) is 0 Å². The molecule has 1 aliphatic rings. The number of nitrogens with zero attached hydrogens (tertiary/aromatic N) is 2. The van der Waals surface area contributed by atoms with E-state index in [-0.39, 0.29) is 23.6 Å². The summed E-state index contributed by atoms with van der Waals surface area (Å²) in [7, 11) is 3.59. The zero-order valence-corrected chi connectivity index (χ0v) is 20.8. The van der Waals surface area contributed by atoms with Gasteiger partial charge in [0.2, 0.25) is 17.7 Å². The van der Waals surface area contributed by atoms with Crippen LogP contribution in [0, 0.1) is 5.92 Å². The van der Waals surface area contributed by atoms with Crippen molar-refractivity contribution in [3.05, 3.63) is 59.4 Å². The number of nitrogens with one attached hydrogen (secondary N) is 3. The van der Waals surface area contributed by atoms with Gasteiger partial charge in [-0.25, -0.2) is 0 Å². The third-order valence-corrected chi connectivity index (χ3v) is 6.53. The number of rotatable bonds is 4. The van der Waals surface area contributed by atoms with Crippen LogP contribution >= 0.6 is 0 Å². The first-order valence-corrected chi connectivity index (χ1v) is 11.9. The average molecular weight is 468 g/mol. The van der Waals surface area contributed by atoms with E-state index in [1.165, 1.54) is 4.90 Å². The zero-order valence-electron chi connectivity index (χ0n) is 20.8. The highest BCUT2D eigenvalue weighted by Crippen LogP contribution is 2.13. The van der Waals surface area contributed by atoms with Crippen molar-refractivity contribution in [2.75, 3.05) is 7.05 Å². The van der Waals surface area contributed by atoms with Crippen LogP contribution in [0.25, 0.3) is 0 Å². The Morgan fingerprint density at radius 3 is 2.21 bits per heavy atom. The van der Waals surface area contributed by atoms with Crippen molar-refractivity contribution in [2.45, 2.75) is 64.8 Å². The van der Waals surface area contributed by atoms with Gasteiger partial charge in [-0.15, -0.1) is 0 Å². The summed E-state index contributed by atoms with van der Waals surface area (Å²) >= 11 is 0. The molecule has 0 fully saturated rings. The molecular formula is C26H37N5O3. The van der Waals surface area contributed by atoms with E-state index in [0.29, 0.717) is 25.9 Å². The van der Waals surface area contributed by atoms with Crippen molar-refractivity contribution < 1.29 is 14.4 Å². The molecule has 0 saturated carbocycles. The number of carbonyl (C=O) groups is 3. The number of benzene rings is 1. The lowest BCUT2D eigenvalue weighted by Crippen LogP contribution is -2.56. The Kier molecular flexibility index (Phi) is 8.50. The second-order valence-corrected chi connectivity index (χ2v) is 9.53. The number of carbonyl (C=O) groups excluding carboxylic acids is 3. The number of amides is 3. The zero-order chi connectivity index (χ0) is 24.8. The van der Waals surface area contributed by atoms with Crippen LogP contribution in [0.3, 0.4) is 0 Å². The van der Waals surface area contributed by atoms with Crippen molar-refractivity contribution in [3.63, 3.8) is 0 Å². The molecule has 1 aromatic heterocycles. The molecule has 0 radical (unpaired) electrons. The molecule has 3 N–H and O–H groups in total. The Morgan fingerprint density at radius 1 is 0.912 bits per heavy atom. The smallest absolute Gasteiger partial charge is 0.243 e. The van der Waals surface area contributed by atoms with Crippen molar-refractivity contribution in [1.82, 2.24) is 25.4 Å². The highest BCUT2D eigenvalue weighted by Gasteiger charge is 2.31. The minimum absolute atomic E-state index is 0.166. The third kappa shape index (κ3) is 6.26. The molecule has 2 aromatic rings. The summed E-state index contributed by atoms with van der Waals surface area (Å²) in [6.07, 6.45) is 1.02. The molecule has 34 heavy (non-hydrogen) atoms. The van der Waals surface area contributed by atoms with Gasteiger partial charge in [0.1, 0.15) is 12.1 Å². The monoisotopic (exact) mass is 467 g/mol. The summed E-state index contributed by atoms with van der Waals surface area (Å²) < 4.78 is 2.03. The first kappa shape index (κ1) is 25.5. The number of aromatic nitrogens is 1. The van der Waals surface area contributed by atoms with E-state index < -0.39 is 18.1 Å². The van der Waals surface area contributed by atoms with E-state index in [0.717, 1.165) is 17.0 Å². The molecule has 0 spiro atoms. The van der Waals surface area contributed by atoms with E-state index in [2.05, 4.69) is 16.0 Å². The summed E-state index contributed by atoms with van der Waals surface area (Å²) in [5.41, 5.74) is 3.00. The van der Waals surface area contributed by atoms with Gasteiger partial charge in [-0.1, -0.05) is 44.2 Å². The lowest BCUT2D eigenvalue weighted by molar-refractivity contribution is -0.141. The highest BCUT2D eigenvalue weighted by atomic mass is 16.2. The van der Waals surface area contributed by atoms with Gasteiger partial charge in [0.05, 0.1) is 12.6 Å². The van der Waals surface area contributed by atoms with E-state index >= 15 is 0 Å². The molecule has 8 heteroatoms. The van der Waals surface area contributed by atoms with E-state index in [1.807, 2.05) is 67.9 Å². The summed E-state index contributed by atoms with van der Waals surface area (Å²) in [5.74, 6) is -0.513. The molecule has 0 saturated heterocycles. The predicted octanol–water partition coefficient (Wildman–Crippen LogP) is 1.73.